The van der Waals surface area contributed by atoms with Crippen LogP contribution in [0.1, 0.15) is 15.7 Å². The van der Waals surface area contributed by atoms with Crippen LogP contribution in [0, 0.1) is 0 Å². The van der Waals surface area contributed by atoms with E-state index in [1.54, 1.807) is 11.3 Å². The third-order valence-electron chi connectivity index (χ3n) is 2.93. The highest BCUT2D eigenvalue weighted by atomic mass is 32.2. The van der Waals surface area contributed by atoms with E-state index in [9.17, 15) is 9.59 Å². The zero-order valence-electron chi connectivity index (χ0n) is 9.98. The molecule has 2 aromatic rings. The molecule has 3 rings (SSSR count). The van der Waals surface area contributed by atoms with Gasteiger partial charge in [0.25, 0.3) is 5.24 Å². The normalized spacial score (nSPS) is 19.2. The van der Waals surface area contributed by atoms with Gasteiger partial charge in [-0.25, -0.2) is 0 Å². The largest absolute Gasteiger partial charge is 0.289 e. The zero-order valence-corrected chi connectivity index (χ0v) is 11.6. The Hall–Kier alpha value is -1.59. The van der Waals surface area contributed by atoms with Gasteiger partial charge in [-0.05, 0) is 28.8 Å². The lowest BCUT2D eigenvalue weighted by atomic mass is 10.1. The van der Waals surface area contributed by atoms with Crippen LogP contribution < -0.4 is 0 Å². The zero-order chi connectivity index (χ0) is 13.2. The molecular weight excluding hydrogens is 278 g/mol. The van der Waals surface area contributed by atoms with Crippen LogP contribution in [0.25, 0.3) is 0 Å². The number of thioether (sulfide) groups is 1. The molecule has 2 heterocycles. The van der Waals surface area contributed by atoms with E-state index in [4.69, 9.17) is 0 Å². The maximum Gasteiger partial charge on any atom is 0.289 e. The fourth-order valence-electron chi connectivity index (χ4n) is 1.99. The summed E-state index contributed by atoms with van der Waals surface area (Å²) >= 11 is 2.65. The molecule has 96 valence electrons. The lowest BCUT2D eigenvalue weighted by Gasteiger charge is -2.12. The summed E-state index contributed by atoms with van der Waals surface area (Å²) in [6, 6.07) is 13.3. The monoisotopic (exact) mass is 289 g/mol. The van der Waals surface area contributed by atoms with Crippen molar-refractivity contribution in [3.63, 3.8) is 0 Å². The van der Waals surface area contributed by atoms with Gasteiger partial charge in [0.2, 0.25) is 5.91 Å². The van der Waals surface area contributed by atoms with Gasteiger partial charge in [0.1, 0.15) is 5.25 Å². The standard InChI is InChI=1S/C14H11NO2S2/c16-13-12(10-5-2-1-3-6-10)19-14(17)15(13)9-11-7-4-8-18-11/h1-8,12H,9H2. The Bertz CT molecular complexity index is 595. The Morgan fingerprint density at radius 2 is 1.84 bits per heavy atom. The van der Waals surface area contributed by atoms with Gasteiger partial charge in [-0.1, -0.05) is 36.4 Å². The Morgan fingerprint density at radius 3 is 2.53 bits per heavy atom. The molecule has 5 heteroatoms. The van der Waals surface area contributed by atoms with Crippen LogP contribution in [0.3, 0.4) is 0 Å². The van der Waals surface area contributed by atoms with E-state index in [0.29, 0.717) is 6.54 Å². The first-order valence-electron chi connectivity index (χ1n) is 5.85. The number of hydrogen-bond donors (Lipinski definition) is 0. The molecule has 1 aliphatic rings. The summed E-state index contributed by atoms with van der Waals surface area (Å²) in [5.74, 6) is -0.116. The Balaban J connectivity index is 1.81. The van der Waals surface area contributed by atoms with Crippen molar-refractivity contribution in [2.24, 2.45) is 0 Å². The van der Waals surface area contributed by atoms with E-state index in [1.165, 1.54) is 4.90 Å². The molecule has 0 N–H and O–H groups in total. The number of benzene rings is 1. The van der Waals surface area contributed by atoms with Crippen molar-refractivity contribution in [1.82, 2.24) is 4.90 Å². The minimum atomic E-state index is -0.395. The molecule has 1 aromatic carbocycles. The van der Waals surface area contributed by atoms with Crippen LogP contribution in [0.4, 0.5) is 4.79 Å². The van der Waals surface area contributed by atoms with Crippen LogP contribution in [0.2, 0.25) is 0 Å². The molecule has 0 saturated carbocycles. The van der Waals surface area contributed by atoms with Gasteiger partial charge in [-0.3, -0.25) is 14.5 Å². The first kappa shape index (κ1) is 12.4. The third kappa shape index (κ3) is 2.43. The second-order valence-corrected chi connectivity index (χ2v) is 6.27. The van der Waals surface area contributed by atoms with Crippen LogP contribution >= 0.6 is 23.1 Å². The lowest BCUT2D eigenvalue weighted by Crippen LogP contribution is -2.28. The maximum absolute atomic E-state index is 12.3. The summed E-state index contributed by atoms with van der Waals surface area (Å²) in [5.41, 5.74) is 0.888. The molecule has 2 amide bonds. The van der Waals surface area contributed by atoms with Crippen molar-refractivity contribution in [3.05, 3.63) is 58.3 Å². The quantitative estimate of drug-likeness (QED) is 0.865. The lowest BCUT2D eigenvalue weighted by molar-refractivity contribution is -0.127. The second-order valence-electron chi connectivity index (χ2n) is 4.18. The number of hydrogen-bond acceptors (Lipinski definition) is 4. The van der Waals surface area contributed by atoms with Crippen LogP contribution in [0.15, 0.2) is 47.8 Å². The van der Waals surface area contributed by atoms with E-state index in [2.05, 4.69) is 0 Å². The number of thiophene rings is 1. The molecule has 1 fully saturated rings. The maximum atomic E-state index is 12.3. The Labute approximate surface area is 119 Å². The van der Waals surface area contributed by atoms with Gasteiger partial charge in [0.05, 0.1) is 6.54 Å². The van der Waals surface area contributed by atoms with Crippen molar-refractivity contribution in [2.75, 3.05) is 0 Å². The van der Waals surface area contributed by atoms with Crippen LogP contribution in [-0.2, 0) is 11.3 Å². The molecule has 19 heavy (non-hydrogen) atoms. The van der Waals surface area contributed by atoms with Gasteiger partial charge >= 0.3 is 0 Å². The number of rotatable bonds is 3. The average Bonchev–Trinajstić information content (AvgIpc) is 3.03. The van der Waals surface area contributed by atoms with Crippen molar-refractivity contribution >= 4 is 34.2 Å². The summed E-state index contributed by atoms with van der Waals surface area (Å²) in [7, 11) is 0. The number of nitrogens with zero attached hydrogens (tertiary/aromatic N) is 1. The van der Waals surface area contributed by atoms with E-state index in [1.807, 2.05) is 47.8 Å². The van der Waals surface area contributed by atoms with Crippen molar-refractivity contribution < 1.29 is 9.59 Å². The fourth-order valence-corrected chi connectivity index (χ4v) is 3.68. The van der Waals surface area contributed by atoms with Crippen molar-refractivity contribution in [1.29, 1.82) is 0 Å². The summed E-state index contributed by atoms with van der Waals surface area (Å²) < 4.78 is 0. The molecule has 0 radical (unpaired) electrons. The highest BCUT2D eigenvalue weighted by Gasteiger charge is 2.40. The Kier molecular flexibility index (Phi) is 3.40. The van der Waals surface area contributed by atoms with Gasteiger partial charge in [0.15, 0.2) is 0 Å². The molecule has 0 aliphatic carbocycles. The minimum Gasteiger partial charge on any atom is -0.273 e. The molecule has 1 unspecified atom stereocenters. The number of imide groups is 1. The smallest absolute Gasteiger partial charge is 0.273 e. The van der Waals surface area contributed by atoms with Gasteiger partial charge in [0, 0.05) is 4.88 Å². The predicted octanol–water partition coefficient (Wildman–Crippen LogP) is 3.68. The fraction of sp³-hybridized carbons (Fsp3) is 0.143. The summed E-state index contributed by atoms with van der Waals surface area (Å²) in [6.45, 7) is 0.381. The second kappa shape index (κ2) is 5.19. The highest BCUT2D eigenvalue weighted by molar-refractivity contribution is 8.14. The minimum absolute atomic E-state index is 0.116. The predicted molar refractivity (Wildman–Crippen MR) is 77.0 cm³/mol. The topological polar surface area (TPSA) is 37.4 Å². The van der Waals surface area contributed by atoms with Gasteiger partial charge in [-0.15, -0.1) is 11.3 Å². The average molecular weight is 289 g/mol. The van der Waals surface area contributed by atoms with E-state index >= 15 is 0 Å². The van der Waals surface area contributed by atoms with E-state index in [0.717, 1.165) is 22.2 Å². The van der Waals surface area contributed by atoms with Gasteiger partial charge < -0.3 is 0 Å². The molecule has 1 saturated heterocycles. The molecule has 0 spiro atoms. The van der Waals surface area contributed by atoms with Crippen LogP contribution in [0.5, 0.6) is 0 Å². The molecule has 0 bridgehead atoms. The Morgan fingerprint density at radius 1 is 1.05 bits per heavy atom. The first-order valence-corrected chi connectivity index (χ1v) is 7.61. The van der Waals surface area contributed by atoms with E-state index < -0.39 is 5.25 Å². The SMILES string of the molecule is O=C1SC(c2ccccc2)C(=O)N1Cc1cccs1. The molecule has 1 aliphatic heterocycles. The van der Waals surface area contributed by atoms with Gasteiger partial charge in [-0.2, -0.15) is 0 Å². The number of carbonyl (C=O) groups is 2. The number of amides is 2. The van der Waals surface area contributed by atoms with Crippen molar-refractivity contribution in [3.8, 4) is 0 Å². The summed E-state index contributed by atoms with van der Waals surface area (Å²) in [5, 5.41) is 1.39. The van der Waals surface area contributed by atoms with Crippen LogP contribution in [-0.4, -0.2) is 16.0 Å². The molecular formula is C14H11NO2S2. The third-order valence-corrected chi connectivity index (χ3v) is 4.92. The highest BCUT2D eigenvalue weighted by Crippen LogP contribution is 2.39. The summed E-state index contributed by atoms with van der Waals surface area (Å²) in [4.78, 5) is 26.7. The van der Waals surface area contributed by atoms with E-state index in [-0.39, 0.29) is 11.1 Å². The van der Waals surface area contributed by atoms with Crippen molar-refractivity contribution in [2.45, 2.75) is 11.8 Å². The molecule has 1 aromatic heterocycles. The molecule has 1 atom stereocenters. The number of carbonyl (C=O) groups excluding carboxylic acids is 2. The summed E-state index contributed by atoms with van der Waals surface area (Å²) in [6.07, 6.45) is 0. The first-order chi connectivity index (χ1) is 9.25. The molecule has 3 nitrogen and oxygen atoms in total.